The smallest absolute Gasteiger partial charge is 0.260 e. The molecule has 0 aliphatic heterocycles. The van der Waals surface area contributed by atoms with Crippen molar-refractivity contribution in [1.29, 1.82) is 0 Å². The third kappa shape index (κ3) is 3.57. The molecule has 1 rings (SSSR count). The number of hydrogen-bond donors (Lipinski definition) is 3. The number of hydroxylamine groups is 1. The maximum absolute atomic E-state index is 11.2. The quantitative estimate of drug-likeness (QED) is 0.608. The molecule has 1 aromatic carbocycles. The molecule has 4 N–H and O–H groups in total. The van der Waals surface area contributed by atoms with E-state index in [1.807, 2.05) is 0 Å². The zero-order chi connectivity index (χ0) is 11.3. The van der Waals surface area contributed by atoms with Gasteiger partial charge in [-0.2, -0.15) is 0 Å². The average molecular weight is 210 g/mol. The van der Waals surface area contributed by atoms with Crippen LogP contribution in [0.5, 0.6) is 5.75 Å². The van der Waals surface area contributed by atoms with E-state index < -0.39 is 6.04 Å². The van der Waals surface area contributed by atoms with Gasteiger partial charge in [-0.3, -0.25) is 9.63 Å². The first-order chi connectivity index (χ1) is 7.13. The number of amides is 1. The highest BCUT2D eigenvalue weighted by Gasteiger charge is 2.13. The molecule has 0 aromatic heterocycles. The summed E-state index contributed by atoms with van der Waals surface area (Å²) in [5.41, 5.74) is 8.66. The maximum atomic E-state index is 11.2. The van der Waals surface area contributed by atoms with Crippen molar-refractivity contribution < 1.29 is 14.7 Å². The lowest BCUT2D eigenvalue weighted by Gasteiger charge is -2.10. The number of hydrogen-bond acceptors (Lipinski definition) is 4. The Kier molecular flexibility index (Phi) is 4.08. The molecule has 0 aliphatic rings. The molecular formula is C10H14N2O3. The molecule has 1 unspecified atom stereocenters. The summed E-state index contributed by atoms with van der Waals surface area (Å²) in [6.07, 6.45) is 0.398. The van der Waals surface area contributed by atoms with Gasteiger partial charge in [0.05, 0.1) is 13.2 Å². The number of aromatic hydroxyl groups is 1. The second-order valence-electron chi connectivity index (χ2n) is 3.15. The Labute approximate surface area is 87.8 Å². The molecule has 15 heavy (non-hydrogen) atoms. The summed E-state index contributed by atoms with van der Waals surface area (Å²) in [4.78, 5) is 15.7. The molecule has 0 saturated carbocycles. The molecule has 0 radical (unpaired) electrons. The number of benzene rings is 1. The minimum absolute atomic E-state index is 0.189. The summed E-state index contributed by atoms with van der Waals surface area (Å²) in [5.74, 6) is -0.181. The van der Waals surface area contributed by atoms with Crippen molar-refractivity contribution in [2.24, 2.45) is 5.73 Å². The van der Waals surface area contributed by atoms with Crippen LogP contribution in [-0.2, 0) is 16.1 Å². The van der Waals surface area contributed by atoms with Crippen LogP contribution in [0.15, 0.2) is 24.3 Å². The fourth-order valence-electron chi connectivity index (χ4n) is 1.15. The van der Waals surface area contributed by atoms with Crippen molar-refractivity contribution in [3.05, 3.63) is 29.8 Å². The van der Waals surface area contributed by atoms with Crippen LogP contribution in [0.25, 0.3) is 0 Å². The number of rotatable bonds is 4. The van der Waals surface area contributed by atoms with Crippen molar-refractivity contribution >= 4 is 5.91 Å². The number of carbonyl (C=O) groups excluding carboxylic acids is 1. The molecule has 1 aromatic rings. The van der Waals surface area contributed by atoms with Crippen LogP contribution in [0.4, 0.5) is 0 Å². The first kappa shape index (κ1) is 11.5. The molecule has 1 atom stereocenters. The Morgan fingerprint density at radius 2 is 2.13 bits per heavy atom. The van der Waals surface area contributed by atoms with E-state index in [9.17, 15) is 4.79 Å². The highest BCUT2D eigenvalue weighted by atomic mass is 16.6. The van der Waals surface area contributed by atoms with E-state index in [4.69, 9.17) is 10.8 Å². The second-order valence-corrected chi connectivity index (χ2v) is 3.15. The van der Waals surface area contributed by atoms with Gasteiger partial charge in [0, 0.05) is 0 Å². The first-order valence-corrected chi connectivity index (χ1v) is 4.50. The molecule has 82 valence electrons. The van der Waals surface area contributed by atoms with E-state index in [-0.39, 0.29) is 11.7 Å². The number of phenolic OH excluding ortho intramolecular Hbond substituents is 1. The summed E-state index contributed by atoms with van der Waals surface area (Å²) in [6.45, 7) is 0. The highest BCUT2D eigenvalue weighted by Crippen LogP contribution is 2.10. The van der Waals surface area contributed by atoms with Gasteiger partial charge < -0.3 is 10.8 Å². The Morgan fingerprint density at radius 1 is 1.53 bits per heavy atom. The van der Waals surface area contributed by atoms with E-state index in [1.165, 1.54) is 7.11 Å². The van der Waals surface area contributed by atoms with Crippen molar-refractivity contribution in [2.75, 3.05) is 7.11 Å². The van der Waals surface area contributed by atoms with E-state index in [0.29, 0.717) is 6.42 Å². The van der Waals surface area contributed by atoms with Crippen molar-refractivity contribution in [1.82, 2.24) is 5.48 Å². The van der Waals surface area contributed by atoms with Crippen LogP contribution in [0.2, 0.25) is 0 Å². The Bertz CT molecular complexity index is 324. The molecule has 5 heteroatoms. The Balaban J connectivity index is 2.54. The van der Waals surface area contributed by atoms with Crippen molar-refractivity contribution in [3.8, 4) is 5.75 Å². The van der Waals surface area contributed by atoms with Crippen LogP contribution >= 0.6 is 0 Å². The van der Waals surface area contributed by atoms with Crippen LogP contribution in [0.3, 0.4) is 0 Å². The van der Waals surface area contributed by atoms with Gasteiger partial charge >= 0.3 is 0 Å². The lowest BCUT2D eigenvalue weighted by molar-refractivity contribution is -0.132. The minimum atomic E-state index is -0.658. The summed E-state index contributed by atoms with van der Waals surface area (Å²) >= 11 is 0. The third-order valence-electron chi connectivity index (χ3n) is 1.93. The summed E-state index contributed by atoms with van der Waals surface area (Å²) in [6, 6.07) is 5.88. The normalized spacial score (nSPS) is 12.1. The van der Waals surface area contributed by atoms with Gasteiger partial charge in [-0.05, 0) is 24.1 Å². The Morgan fingerprint density at radius 3 is 2.67 bits per heavy atom. The maximum Gasteiger partial charge on any atom is 0.260 e. The topological polar surface area (TPSA) is 84.6 Å². The number of carbonyl (C=O) groups is 1. The van der Waals surface area contributed by atoms with Gasteiger partial charge in [0.25, 0.3) is 5.91 Å². The second kappa shape index (κ2) is 5.33. The highest BCUT2D eigenvalue weighted by molar-refractivity contribution is 5.80. The number of phenols is 1. The van der Waals surface area contributed by atoms with Gasteiger partial charge in [0.2, 0.25) is 0 Å². The van der Waals surface area contributed by atoms with Gasteiger partial charge in [0.1, 0.15) is 5.75 Å². The summed E-state index contributed by atoms with van der Waals surface area (Å²) < 4.78 is 0. The van der Waals surface area contributed by atoms with E-state index in [0.717, 1.165) is 5.56 Å². The standard InChI is InChI=1S/C10H14N2O3/c1-15-12-10(14)9(11)6-7-2-4-8(13)5-3-7/h2-5,9,13H,6,11H2,1H3,(H,12,14). The fourth-order valence-corrected chi connectivity index (χ4v) is 1.15. The molecule has 0 saturated heterocycles. The van der Waals surface area contributed by atoms with Crippen LogP contribution < -0.4 is 11.2 Å². The van der Waals surface area contributed by atoms with Crippen molar-refractivity contribution in [3.63, 3.8) is 0 Å². The Hall–Kier alpha value is -1.59. The average Bonchev–Trinajstić information content (AvgIpc) is 2.22. The molecular weight excluding hydrogens is 196 g/mol. The van der Waals surface area contributed by atoms with Crippen LogP contribution in [0.1, 0.15) is 5.56 Å². The monoisotopic (exact) mass is 210 g/mol. The van der Waals surface area contributed by atoms with E-state index in [2.05, 4.69) is 10.3 Å². The van der Waals surface area contributed by atoms with Gasteiger partial charge in [-0.1, -0.05) is 12.1 Å². The molecule has 1 amide bonds. The molecule has 5 nitrogen and oxygen atoms in total. The van der Waals surface area contributed by atoms with Crippen LogP contribution in [-0.4, -0.2) is 24.2 Å². The third-order valence-corrected chi connectivity index (χ3v) is 1.93. The predicted molar refractivity (Wildman–Crippen MR) is 54.9 cm³/mol. The summed E-state index contributed by atoms with van der Waals surface area (Å²) in [7, 11) is 1.35. The first-order valence-electron chi connectivity index (χ1n) is 4.50. The zero-order valence-electron chi connectivity index (χ0n) is 8.43. The molecule has 0 bridgehead atoms. The lowest BCUT2D eigenvalue weighted by Crippen LogP contribution is -2.41. The van der Waals surface area contributed by atoms with E-state index in [1.54, 1.807) is 24.3 Å². The van der Waals surface area contributed by atoms with Crippen molar-refractivity contribution in [2.45, 2.75) is 12.5 Å². The van der Waals surface area contributed by atoms with E-state index >= 15 is 0 Å². The molecule has 0 heterocycles. The zero-order valence-corrected chi connectivity index (χ0v) is 8.43. The van der Waals surface area contributed by atoms with Gasteiger partial charge in [-0.15, -0.1) is 0 Å². The number of nitrogens with two attached hydrogens (primary N) is 1. The summed E-state index contributed by atoms with van der Waals surface area (Å²) in [5, 5.41) is 9.05. The van der Waals surface area contributed by atoms with Gasteiger partial charge in [0.15, 0.2) is 0 Å². The fraction of sp³-hybridized carbons (Fsp3) is 0.300. The lowest BCUT2D eigenvalue weighted by atomic mass is 10.1. The largest absolute Gasteiger partial charge is 0.508 e. The predicted octanol–water partition coefficient (Wildman–Crippen LogP) is -0.0604. The SMILES string of the molecule is CONC(=O)C(N)Cc1ccc(O)cc1. The number of nitrogens with one attached hydrogen (secondary N) is 1. The minimum Gasteiger partial charge on any atom is -0.508 e. The van der Waals surface area contributed by atoms with Gasteiger partial charge in [-0.25, -0.2) is 5.48 Å². The molecule has 0 spiro atoms. The molecule has 0 fully saturated rings. The molecule has 0 aliphatic carbocycles. The van der Waals surface area contributed by atoms with Crippen LogP contribution in [0, 0.1) is 0 Å².